The van der Waals surface area contributed by atoms with Crippen LogP contribution < -0.4 is 5.32 Å². The van der Waals surface area contributed by atoms with Crippen molar-refractivity contribution in [3.63, 3.8) is 0 Å². The molecule has 17 heavy (non-hydrogen) atoms. The second kappa shape index (κ2) is 6.03. The van der Waals surface area contributed by atoms with Crippen molar-refractivity contribution in [1.82, 2.24) is 10.2 Å². The predicted molar refractivity (Wildman–Crippen MR) is 66.6 cm³/mol. The smallest absolute Gasteiger partial charge is 0.253 e. The van der Waals surface area contributed by atoms with Crippen LogP contribution in [0.2, 0.25) is 0 Å². The molecular formula is C13H18N2O2. The summed E-state index contributed by atoms with van der Waals surface area (Å²) in [5, 5.41) is 2.79. The molecule has 4 heteroatoms. The molecule has 1 rings (SSSR count). The molecule has 0 saturated heterocycles. The van der Waals surface area contributed by atoms with Crippen molar-refractivity contribution >= 4 is 11.8 Å². The Labute approximate surface area is 102 Å². The quantitative estimate of drug-likeness (QED) is 0.856. The molecule has 92 valence electrons. The van der Waals surface area contributed by atoms with Crippen LogP contribution in [0.1, 0.15) is 29.3 Å². The monoisotopic (exact) mass is 234 g/mol. The Hall–Kier alpha value is -1.84. The molecule has 0 spiro atoms. The van der Waals surface area contributed by atoms with Crippen molar-refractivity contribution < 1.29 is 9.59 Å². The summed E-state index contributed by atoms with van der Waals surface area (Å²) < 4.78 is 0. The maximum absolute atomic E-state index is 11.6. The molecule has 1 N–H and O–H groups in total. The van der Waals surface area contributed by atoms with E-state index in [0.717, 1.165) is 5.56 Å². The van der Waals surface area contributed by atoms with Crippen molar-refractivity contribution in [1.29, 1.82) is 0 Å². The minimum absolute atomic E-state index is 0.0193. The van der Waals surface area contributed by atoms with Crippen LogP contribution in [0.3, 0.4) is 0 Å². The summed E-state index contributed by atoms with van der Waals surface area (Å²) >= 11 is 0. The van der Waals surface area contributed by atoms with Crippen molar-refractivity contribution in [2.75, 3.05) is 14.1 Å². The fourth-order valence-electron chi connectivity index (χ4n) is 1.35. The number of rotatable bonds is 4. The summed E-state index contributed by atoms with van der Waals surface area (Å²) in [5.74, 6) is 0.00703. The highest BCUT2D eigenvalue weighted by Gasteiger charge is 2.07. The van der Waals surface area contributed by atoms with E-state index in [2.05, 4.69) is 5.32 Å². The minimum atomic E-state index is -0.0193. The zero-order valence-corrected chi connectivity index (χ0v) is 10.5. The number of amides is 2. The SMILES string of the molecule is CCC(=O)NCc1ccc(C(=O)N(C)C)cc1. The number of carbonyl (C=O) groups is 2. The Morgan fingerprint density at radius 1 is 1.18 bits per heavy atom. The Morgan fingerprint density at radius 3 is 2.24 bits per heavy atom. The van der Waals surface area contributed by atoms with E-state index in [1.165, 1.54) is 4.90 Å². The summed E-state index contributed by atoms with van der Waals surface area (Å²) in [5.41, 5.74) is 1.64. The van der Waals surface area contributed by atoms with Crippen molar-refractivity contribution in [3.05, 3.63) is 35.4 Å². The van der Waals surface area contributed by atoms with Gasteiger partial charge in [-0.15, -0.1) is 0 Å². The Bertz CT molecular complexity index is 396. The first-order valence-electron chi connectivity index (χ1n) is 5.62. The fourth-order valence-corrected chi connectivity index (χ4v) is 1.35. The lowest BCUT2D eigenvalue weighted by Gasteiger charge is -2.10. The summed E-state index contributed by atoms with van der Waals surface area (Å²) in [6, 6.07) is 7.25. The second-order valence-electron chi connectivity index (χ2n) is 4.03. The summed E-state index contributed by atoms with van der Waals surface area (Å²) in [4.78, 5) is 24.2. The normalized spacial score (nSPS) is 9.82. The summed E-state index contributed by atoms with van der Waals surface area (Å²) in [6.45, 7) is 2.32. The first-order chi connectivity index (χ1) is 8.04. The van der Waals surface area contributed by atoms with Crippen LogP contribution in [0.25, 0.3) is 0 Å². The highest BCUT2D eigenvalue weighted by Crippen LogP contribution is 2.06. The van der Waals surface area contributed by atoms with Gasteiger partial charge in [0.15, 0.2) is 0 Å². The first kappa shape index (κ1) is 13.2. The zero-order chi connectivity index (χ0) is 12.8. The van der Waals surface area contributed by atoms with Crippen molar-refractivity contribution in [2.24, 2.45) is 0 Å². The third-order valence-electron chi connectivity index (χ3n) is 2.42. The van der Waals surface area contributed by atoms with Gasteiger partial charge in [-0.1, -0.05) is 19.1 Å². The van der Waals surface area contributed by atoms with E-state index >= 15 is 0 Å². The molecule has 1 aromatic rings. The van der Waals surface area contributed by atoms with E-state index in [0.29, 0.717) is 18.5 Å². The molecule has 0 aromatic heterocycles. The third kappa shape index (κ3) is 3.90. The molecule has 4 nitrogen and oxygen atoms in total. The summed E-state index contributed by atoms with van der Waals surface area (Å²) in [6.07, 6.45) is 0.483. The number of carbonyl (C=O) groups excluding carboxylic acids is 2. The van der Waals surface area contributed by atoms with E-state index in [9.17, 15) is 9.59 Å². The molecule has 0 heterocycles. The topological polar surface area (TPSA) is 49.4 Å². The number of hydrogen-bond donors (Lipinski definition) is 1. The molecule has 0 fully saturated rings. The van der Waals surface area contributed by atoms with Crippen LogP contribution in [-0.2, 0) is 11.3 Å². The summed E-state index contributed by atoms with van der Waals surface area (Å²) in [7, 11) is 3.44. The van der Waals surface area contributed by atoms with Crippen LogP contribution in [0, 0.1) is 0 Å². The minimum Gasteiger partial charge on any atom is -0.352 e. The zero-order valence-electron chi connectivity index (χ0n) is 10.5. The standard InChI is InChI=1S/C13H18N2O2/c1-4-12(16)14-9-10-5-7-11(8-6-10)13(17)15(2)3/h5-8H,4,9H2,1-3H3,(H,14,16). The van der Waals surface area contributed by atoms with Gasteiger partial charge in [-0.2, -0.15) is 0 Å². The molecule has 2 amide bonds. The fraction of sp³-hybridized carbons (Fsp3) is 0.385. The molecule has 0 aliphatic heterocycles. The molecule has 0 unspecified atom stereocenters. The van der Waals surface area contributed by atoms with Crippen molar-refractivity contribution in [3.8, 4) is 0 Å². The molecule has 0 aliphatic carbocycles. The Morgan fingerprint density at radius 2 is 1.76 bits per heavy atom. The van der Waals surface area contributed by atoms with Crippen LogP contribution in [0.15, 0.2) is 24.3 Å². The maximum Gasteiger partial charge on any atom is 0.253 e. The van der Waals surface area contributed by atoms with Crippen LogP contribution in [-0.4, -0.2) is 30.8 Å². The van der Waals surface area contributed by atoms with Crippen LogP contribution >= 0.6 is 0 Å². The highest BCUT2D eigenvalue weighted by molar-refractivity contribution is 5.93. The molecular weight excluding hydrogens is 216 g/mol. The lowest BCUT2D eigenvalue weighted by Crippen LogP contribution is -2.22. The predicted octanol–water partition coefficient (Wildman–Crippen LogP) is 1.41. The van der Waals surface area contributed by atoms with Gasteiger partial charge in [0.25, 0.3) is 5.91 Å². The molecule has 0 bridgehead atoms. The van der Waals surface area contributed by atoms with Gasteiger partial charge in [-0.3, -0.25) is 9.59 Å². The highest BCUT2D eigenvalue weighted by atomic mass is 16.2. The third-order valence-corrected chi connectivity index (χ3v) is 2.42. The number of nitrogens with zero attached hydrogens (tertiary/aromatic N) is 1. The second-order valence-corrected chi connectivity index (χ2v) is 4.03. The molecule has 0 saturated carbocycles. The van der Waals surface area contributed by atoms with E-state index in [4.69, 9.17) is 0 Å². The largest absolute Gasteiger partial charge is 0.352 e. The van der Waals surface area contributed by atoms with Gasteiger partial charge < -0.3 is 10.2 Å². The Kier molecular flexibility index (Phi) is 4.69. The first-order valence-corrected chi connectivity index (χ1v) is 5.62. The molecule has 1 aromatic carbocycles. The van der Waals surface area contributed by atoms with Crippen molar-refractivity contribution in [2.45, 2.75) is 19.9 Å². The molecule has 0 atom stereocenters. The van der Waals surface area contributed by atoms with Gasteiger partial charge in [0, 0.05) is 32.6 Å². The van der Waals surface area contributed by atoms with E-state index in [1.54, 1.807) is 26.2 Å². The van der Waals surface area contributed by atoms with E-state index in [-0.39, 0.29) is 11.8 Å². The number of benzene rings is 1. The van der Waals surface area contributed by atoms with E-state index in [1.807, 2.05) is 19.1 Å². The number of nitrogens with one attached hydrogen (secondary N) is 1. The Balaban J connectivity index is 2.62. The van der Waals surface area contributed by atoms with Crippen LogP contribution in [0.5, 0.6) is 0 Å². The lowest BCUT2D eigenvalue weighted by atomic mass is 10.1. The lowest BCUT2D eigenvalue weighted by molar-refractivity contribution is -0.120. The van der Waals surface area contributed by atoms with Gasteiger partial charge in [-0.05, 0) is 17.7 Å². The average Bonchev–Trinajstić information content (AvgIpc) is 2.35. The van der Waals surface area contributed by atoms with Crippen LogP contribution in [0.4, 0.5) is 0 Å². The molecule has 0 radical (unpaired) electrons. The van der Waals surface area contributed by atoms with Gasteiger partial charge >= 0.3 is 0 Å². The van der Waals surface area contributed by atoms with Gasteiger partial charge in [0.2, 0.25) is 5.91 Å². The number of hydrogen-bond acceptors (Lipinski definition) is 2. The van der Waals surface area contributed by atoms with E-state index < -0.39 is 0 Å². The van der Waals surface area contributed by atoms with Gasteiger partial charge in [-0.25, -0.2) is 0 Å². The average molecular weight is 234 g/mol. The molecule has 0 aliphatic rings. The maximum atomic E-state index is 11.6. The van der Waals surface area contributed by atoms with Gasteiger partial charge in [0.1, 0.15) is 0 Å². The van der Waals surface area contributed by atoms with Gasteiger partial charge in [0.05, 0.1) is 0 Å².